The molecule has 1 aromatic heterocycles. The fourth-order valence-corrected chi connectivity index (χ4v) is 2.99. The molecule has 1 atom stereocenters. The molecular formula is C18H27N3O3. The van der Waals surface area contributed by atoms with E-state index in [1.54, 1.807) is 11.1 Å². The zero-order valence-electron chi connectivity index (χ0n) is 15.0. The second kappa shape index (κ2) is 7.64. The molecule has 1 aliphatic rings. The third kappa shape index (κ3) is 4.24. The van der Waals surface area contributed by atoms with Crippen molar-refractivity contribution in [2.75, 3.05) is 18.0 Å². The number of ether oxygens (including phenoxy) is 1. The van der Waals surface area contributed by atoms with E-state index >= 15 is 0 Å². The van der Waals surface area contributed by atoms with Crippen LogP contribution < -0.4 is 4.90 Å². The van der Waals surface area contributed by atoms with Crippen molar-refractivity contribution in [3.05, 3.63) is 23.9 Å². The molecule has 2 amide bonds. The summed E-state index contributed by atoms with van der Waals surface area (Å²) in [5.74, 6) is 0.577. The SMILES string of the molecule is CCN(C(=O)OC(C)(C)C)c1ncccc1[C@H]1CCCCN1C=O. The molecule has 0 N–H and O–H groups in total. The Morgan fingerprint density at radius 1 is 1.46 bits per heavy atom. The number of carbonyl (C=O) groups excluding carboxylic acids is 2. The number of piperidine rings is 1. The Balaban J connectivity index is 2.35. The maximum Gasteiger partial charge on any atom is 0.415 e. The van der Waals surface area contributed by atoms with E-state index in [1.165, 1.54) is 4.90 Å². The number of hydrogen-bond acceptors (Lipinski definition) is 4. The predicted molar refractivity (Wildman–Crippen MR) is 92.9 cm³/mol. The van der Waals surface area contributed by atoms with Crippen LogP contribution in [0.1, 0.15) is 58.6 Å². The lowest BCUT2D eigenvalue weighted by Crippen LogP contribution is -2.39. The summed E-state index contributed by atoms with van der Waals surface area (Å²) in [6, 6.07) is 3.75. The number of likely N-dealkylation sites (tertiary alicyclic amines) is 1. The number of nitrogens with zero attached hydrogens (tertiary/aromatic N) is 3. The molecule has 1 aromatic rings. The number of rotatable bonds is 4. The fourth-order valence-electron chi connectivity index (χ4n) is 2.99. The summed E-state index contributed by atoms with van der Waals surface area (Å²) >= 11 is 0. The van der Waals surface area contributed by atoms with Crippen LogP contribution in [0.4, 0.5) is 10.6 Å². The Labute approximate surface area is 143 Å². The summed E-state index contributed by atoms with van der Waals surface area (Å²) in [6.07, 6.45) is 5.09. The van der Waals surface area contributed by atoms with Gasteiger partial charge in [-0.05, 0) is 53.0 Å². The van der Waals surface area contributed by atoms with Gasteiger partial charge in [-0.15, -0.1) is 0 Å². The lowest BCUT2D eigenvalue weighted by molar-refractivity contribution is -0.121. The van der Waals surface area contributed by atoms with Gasteiger partial charge in [0.15, 0.2) is 0 Å². The van der Waals surface area contributed by atoms with E-state index < -0.39 is 11.7 Å². The first-order valence-electron chi connectivity index (χ1n) is 8.54. The minimum Gasteiger partial charge on any atom is -0.443 e. The van der Waals surface area contributed by atoms with Crippen LogP contribution in [0.5, 0.6) is 0 Å². The van der Waals surface area contributed by atoms with Crippen molar-refractivity contribution in [3.8, 4) is 0 Å². The van der Waals surface area contributed by atoms with Gasteiger partial charge in [0.05, 0.1) is 6.04 Å². The third-order valence-electron chi connectivity index (χ3n) is 4.04. The van der Waals surface area contributed by atoms with Gasteiger partial charge in [-0.3, -0.25) is 9.69 Å². The fraction of sp³-hybridized carbons (Fsp3) is 0.611. The number of hydrogen-bond donors (Lipinski definition) is 0. The van der Waals surface area contributed by atoms with Crippen LogP contribution in [0.2, 0.25) is 0 Å². The molecule has 0 spiro atoms. The first-order chi connectivity index (χ1) is 11.4. The molecule has 24 heavy (non-hydrogen) atoms. The molecule has 0 unspecified atom stereocenters. The highest BCUT2D eigenvalue weighted by atomic mass is 16.6. The van der Waals surface area contributed by atoms with E-state index in [0.29, 0.717) is 12.4 Å². The first kappa shape index (κ1) is 18.2. The Bertz CT molecular complexity index is 583. The molecule has 0 aromatic carbocycles. The lowest BCUT2D eigenvalue weighted by atomic mass is 9.96. The third-order valence-corrected chi connectivity index (χ3v) is 4.04. The molecule has 1 aliphatic heterocycles. The number of aromatic nitrogens is 1. The summed E-state index contributed by atoms with van der Waals surface area (Å²) in [5, 5.41) is 0. The summed E-state index contributed by atoms with van der Waals surface area (Å²) in [4.78, 5) is 31.7. The molecule has 2 rings (SSSR count). The minimum absolute atomic E-state index is 0.0450. The number of pyridine rings is 1. The first-order valence-corrected chi connectivity index (χ1v) is 8.54. The maximum atomic E-state index is 12.6. The van der Waals surface area contributed by atoms with E-state index in [0.717, 1.165) is 37.8 Å². The van der Waals surface area contributed by atoms with Gasteiger partial charge in [0.25, 0.3) is 0 Å². The predicted octanol–water partition coefficient (Wildman–Crippen LogP) is 3.53. The highest BCUT2D eigenvalue weighted by molar-refractivity contribution is 5.87. The van der Waals surface area contributed by atoms with Crippen LogP contribution in [0.25, 0.3) is 0 Å². The van der Waals surface area contributed by atoms with E-state index in [4.69, 9.17) is 4.74 Å². The topological polar surface area (TPSA) is 62.7 Å². The Hall–Kier alpha value is -2.11. The standard InChI is InChI=1S/C18H27N3O3/c1-5-21(17(23)24-18(2,3)4)16-14(9-8-11-19-16)15-10-6-7-12-20(15)13-22/h8-9,11,13,15H,5-7,10,12H2,1-4H3/t15-/m1/s1. The average molecular weight is 333 g/mol. The van der Waals surface area contributed by atoms with Gasteiger partial charge in [0, 0.05) is 24.8 Å². The second-order valence-electron chi connectivity index (χ2n) is 7.00. The van der Waals surface area contributed by atoms with Crippen molar-refractivity contribution >= 4 is 18.3 Å². The van der Waals surface area contributed by atoms with Gasteiger partial charge in [-0.1, -0.05) is 6.07 Å². The van der Waals surface area contributed by atoms with Crippen LogP contribution in [0.3, 0.4) is 0 Å². The average Bonchev–Trinajstić information content (AvgIpc) is 2.54. The summed E-state index contributed by atoms with van der Waals surface area (Å²) in [5.41, 5.74) is 0.330. The second-order valence-corrected chi connectivity index (χ2v) is 7.00. The van der Waals surface area contributed by atoms with Crippen molar-refractivity contribution < 1.29 is 14.3 Å². The maximum absolute atomic E-state index is 12.6. The molecule has 1 saturated heterocycles. The number of carbonyl (C=O) groups is 2. The van der Waals surface area contributed by atoms with Crippen molar-refractivity contribution in [1.82, 2.24) is 9.88 Å². The normalized spacial score (nSPS) is 18.2. The number of anilines is 1. The van der Waals surface area contributed by atoms with E-state index in [1.807, 2.05) is 39.8 Å². The largest absolute Gasteiger partial charge is 0.443 e. The van der Waals surface area contributed by atoms with Gasteiger partial charge in [-0.2, -0.15) is 0 Å². The monoisotopic (exact) mass is 333 g/mol. The van der Waals surface area contributed by atoms with E-state index in [9.17, 15) is 9.59 Å². The van der Waals surface area contributed by atoms with Crippen LogP contribution in [0, 0.1) is 0 Å². The zero-order chi connectivity index (χ0) is 17.7. The molecular weight excluding hydrogens is 306 g/mol. The van der Waals surface area contributed by atoms with Crippen molar-refractivity contribution in [3.63, 3.8) is 0 Å². The van der Waals surface area contributed by atoms with E-state index in [2.05, 4.69) is 4.98 Å². The highest BCUT2D eigenvalue weighted by Crippen LogP contribution is 2.34. The van der Waals surface area contributed by atoms with Crippen molar-refractivity contribution in [2.24, 2.45) is 0 Å². The summed E-state index contributed by atoms with van der Waals surface area (Å²) < 4.78 is 5.50. The smallest absolute Gasteiger partial charge is 0.415 e. The van der Waals surface area contributed by atoms with Gasteiger partial charge in [-0.25, -0.2) is 9.78 Å². The van der Waals surface area contributed by atoms with Gasteiger partial charge in [0.1, 0.15) is 11.4 Å². The van der Waals surface area contributed by atoms with E-state index in [-0.39, 0.29) is 6.04 Å². The van der Waals surface area contributed by atoms with Gasteiger partial charge >= 0.3 is 6.09 Å². The van der Waals surface area contributed by atoms with Crippen LogP contribution in [-0.4, -0.2) is 41.1 Å². The van der Waals surface area contributed by atoms with Gasteiger partial charge < -0.3 is 9.64 Å². The minimum atomic E-state index is -0.570. The Morgan fingerprint density at radius 2 is 2.21 bits per heavy atom. The lowest BCUT2D eigenvalue weighted by Gasteiger charge is -2.35. The Kier molecular flexibility index (Phi) is 5.80. The van der Waals surface area contributed by atoms with Crippen LogP contribution >= 0.6 is 0 Å². The number of amides is 2. The molecule has 132 valence electrons. The molecule has 6 heteroatoms. The molecule has 1 fully saturated rings. The van der Waals surface area contributed by atoms with Crippen LogP contribution in [-0.2, 0) is 9.53 Å². The van der Waals surface area contributed by atoms with Crippen molar-refractivity contribution in [2.45, 2.75) is 58.6 Å². The highest BCUT2D eigenvalue weighted by Gasteiger charge is 2.30. The molecule has 0 saturated carbocycles. The Morgan fingerprint density at radius 3 is 2.83 bits per heavy atom. The molecule has 0 aliphatic carbocycles. The zero-order valence-corrected chi connectivity index (χ0v) is 15.0. The van der Waals surface area contributed by atoms with Crippen LogP contribution in [0.15, 0.2) is 18.3 Å². The summed E-state index contributed by atoms with van der Waals surface area (Å²) in [7, 11) is 0. The quantitative estimate of drug-likeness (QED) is 0.791. The molecule has 0 bridgehead atoms. The molecule has 6 nitrogen and oxygen atoms in total. The van der Waals surface area contributed by atoms with Crippen molar-refractivity contribution in [1.29, 1.82) is 0 Å². The molecule has 2 heterocycles. The van der Waals surface area contributed by atoms with Gasteiger partial charge in [0.2, 0.25) is 6.41 Å². The summed E-state index contributed by atoms with van der Waals surface area (Å²) in [6.45, 7) is 8.60. The molecule has 0 radical (unpaired) electrons.